The van der Waals surface area contributed by atoms with Gasteiger partial charge in [0.2, 0.25) is 0 Å². The fraction of sp³-hybridized carbons (Fsp3) is 0.889. The molecule has 2 aliphatic heterocycles. The Morgan fingerprint density at radius 2 is 2.08 bits per heavy atom. The third kappa shape index (κ3) is 1.63. The predicted molar refractivity (Wildman–Crippen MR) is 51.6 cm³/mol. The van der Waals surface area contributed by atoms with Crippen molar-refractivity contribution in [2.75, 3.05) is 6.54 Å². The van der Waals surface area contributed by atoms with E-state index in [1.165, 1.54) is 0 Å². The maximum Gasteiger partial charge on any atom is 0.189 e. The lowest BCUT2D eigenvalue weighted by atomic mass is 9.85. The van der Waals surface area contributed by atoms with Crippen LogP contribution in [0.4, 0.5) is 0 Å². The minimum atomic E-state index is 0.0845. The SMILES string of the molecule is CC1CC2(CN=C(N)N2)CC(C)O1. The molecule has 1 fully saturated rings. The van der Waals surface area contributed by atoms with Crippen molar-refractivity contribution in [1.29, 1.82) is 0 Å². The second-order valence-corrected chi connectivity index (χ2v) is 4.27. The van der Waals surface area contributed by atoms with Crippen LogP contribution in [0.5, 0.6) is 0 Å². The molecule has 2 heterocycles. The summed E-state index contributed by atoms with van der Waals surface area (Å²) in [6.45, 7) is 5.01. The van der Waals surface area contributed by atoms with E-state index in [0.29, 0.717) is 18.2 Å². The Bertz CT molecular complexity index is 229. The number of guanidine groups is 1. The lowest BCUT2D eigenvalue weighted by Crippen LogP contribution is -2.55. The third-order valence-corrected chi connectivity index (χ3v) is 2.77. The normalized spacial score (nSPS) is 44.6. The van der Waals surface area contributed by atoms with Crippen LogP contribution in [0.25, 0.3) is 0 Å². The smallest absolute Gasteiger partial charge is 0.189 e. The molecular formula is C9H17N3O. The van der Waals surface area contributed by atoms with Gasteiger partial charge >= 0.3 is 0 Å². The van der Waals surface area contributed by atoms with Gasteiger partial charge in [-0.1, -0.05) is 0 Å². The molecule has 1 spiro atoms. The molecule has 1 saturated heterocycles. The van der Waals surface area contributed by atoms with Gasteiger partial charge in [0.05, 0.1) is 24.3 Å². The summed E-state index contributed by atoms with van der Waals surface area (Å²) in [6, 6.07) is 0. The van der Waals surface area contributed by atoms with Crippen LogP contribution >= 0.6 is 0 Å². The van der Waals surface area contributed by atoms with E-state index < -0.39 is 0 Å². The van der Waals surface area contributed by atoms with Crippen molar-refractivity contribution in [3.63, 3.8) is 0 Å². The Balaban J connectivity index is 2.07. The molecule has 4 nitrogen and oxygen atoms in total. The van der Waals surface area contributed by atoms with Crippen LogP contribution in [0.2, 0.25) is 0 Å². The molecule has 2 atom stereocenters. The number of rotatable bonds is 0. The lowest BCUT2D eigenvalue weighted by Gasteiger charge is -2.40. The maximum atomic E-state index is 5.68. The molecule has 0 bridgehead atoms. The monoisotopic (exact) mass is 183 g/mol. The zero-order valence-corrected chi connectivity index (χ0v) is 8.21. The van der Waals surface area contributed by atoms with Crippen LogP contribution in [0, 0.1) is 0 Å². The van der Waals surface area contributed by atoms with Gasteiger partial charge in [0.25, 0.3) is 0 Å². The van der Waals surface area contributed by atoms with E-state index in [0.717, 1.165) is 19.4 Å². The molecule has 0 aromatic heterocycles. The molecule has 2 aliphatic rings. The molecule has 0 aliphatic carbocycles. The summed E-state index contributed by atoms with van der Waals surface area (Å²) in [6.07, 6.45) is 2.61. The predicted octanol–water partition coefficient (Wildman–Crippen LogP) is 0.230. The highest BCUT2D eigenvalue weighted by atomic mass is 16.5. The van der Waals surface area contributed by atoms with Gasteiger partial charge in [0.1, 0.15) is 0 Å². The molecule has 0 saturated carbocycles. The molecule has 0 amide bonds. The van der Waals surface area contributed by atoms with Crippen molar-refractivity contribution < 1.29 is 4.74 Å². The Hall–Kier alpha value is -0.770. The van der Waals surface area contributed by atoms with E-state index in [4.69, 9.17) is 10.5 Å². The highest BCUT2D eigenvalue weighted by Crippen LogP contribution is 2.30. The van der Waals surface area contributed by atoms with E-state index in [9.17, 15) is 0 Å². The first kappa shape index (κ1) is 8.81. The molecule has 2 rings (SSSR count). The second kappa shape index (κ2) is 2.87. The molecule has 0 radical (unpaired) electrons. The molecule has 74 valence electrons. The summed E-state index contributed by atoms with van der Waals surface area (Å²) in [5.74, 6) is 0.585. The topological polar surface area (TPSA) is 59.6 Å². The number of nitrogens with one attached hydrogen (secondary N) is 1. The van der Waals surface area contributed by atoms with Crippen LogP contribution in [-0.2, 0) is 4.74 Å². The van der Waals surface area contributed by atoms with Gasteiger partial charge in [-0.2, -0.15) is 0 Å². The highest BCUT2D eigenvalue weighted by molar-refractivity contribution is 5.80. The number of hydrogen-bond acceptors (Lipinski definition) is 4. The van der Waals surface area contributed by atoms with Gasteiger partial charge in [-0.25, -0.2) is 0 Å². The van der Waals surface area contributed by atoms with Crippen molar-refractivity contribution in [1.82, 2.24) is 5.32 Å². The molecule has 3 N–H and O–H groups in total. The average Bonchev–Trinajstić information content (AvgIpc) is 2.28. The quantitative estimate of drug-likeness (QED) is 0.565. The fourth-order valence-corrected chi connectivity index (χ4v) is 2.50. The fourth-order valence-electron chi connectivity index (χ4n) is 2.50. The van der Waals surface area contributed by atoms with Gasteiger partial charge in [-0.05, 0) is 26.7 Å². The molecular weight excluding hydrogens is 166 g/mol. The van der Waals surface area contributed by atoms with Crippen LogP contribution in [0.1, 0.15) is 26.7 Å². The first-order valence-corrected chi connectivity index (χ1v) is 4.83. The Morgan fingerprint density at radius 1 is 1.46 bits per heavy atom. The van der Waals surface area contributed by atoms with Crippen molar-refractivity contribution in [3.8, 4) is 0 Å². The van der Waals surface area contributed by atoms with Gasteiger partial charge in [0, 0.05) is 0 Å². The zero-order chi connectivity index (χ0) is 9.47. The lowest BCUT2D eigenvalue weighted by molar-refractivity contribution is -0.0608. The molecule has 0 aromatic carbocycles. The number of hydrogen-bond donors (Lipinski definition) is 2. The Kier molecular flexibility index (Phi) is 1.95. The molecule has 2 unspecified atom stereocenters. The zero-order valence-electron chi connectivity index (χ0n) is 8.21. The van der Waals surface area contributed by atoms with Crippen LogP contribution in [0.15, 0.2) is 4.99 Å². The van der Waals surface area contributed by atoms with Crippen LogP contribution < -0.4 is 11.1 Å². The summed E-state index contributed by atoms with van der Waals surface area (Å²) >= 11 is 0. The summed E-state index contributed by atoms with van der Waals surface area (Å²) < 4.78 is 5.68. The highest BCUT2D eigenvalue weighted by Gasteiger charge is 2.41. The molecule has 13 heavy (non-hydrogen) atoms. The van der Waals surface area contributed by atoms with Crippen molar-refractivity contribution in [2.45, 2.75) is 44.4 Å². The second-order valence-electron chi connectivity index (χ2n) is 4.27. The Morgan fingerprint density at radius 3 is 2.54 bits per heavy atom. The van der Waals surface area contributed by atoms with Crippen molar-refractivity contribution >= 4 is 5.96 Å². The van der Waals surface area contributed by atoms with Crippen LogP contribution in [0.3, 0.4) is 0 Å². The standard InChI is InChI=1S/C9H17N3O/c1-6-3-9(4-7(2)13-6)5-11-8(10)12-9/h6-7H,3-5H2,1-2H3,(H3,10,11,12). The van der Waals surface area contributed by atoms with E-state index >= 15 is 0 Å². The van der Waals surface area contributed by atoms with Gasteiger partial charge in [0.15, 0.2) is 5.96 Å². The van der Waals surface area contributed by atoms with E-state index in [1.54, 1.807) is 0 Å². The molecule has 4 heteroatoms. The largest absolute Gasteiger partial charge is 0.375 e. The van der Waals surface area contributed by atoms with Crippen molar-refractivity contribution in [2.24, 2.45) is 10.7 Å². The van der Waals surface area contributed by atoms with Gasteiger partial charge < -0.3 is 15.8 Å². The first-order chi connectivity index (χ1) is 6.10. The first-order valence-electron chi connectivity index (χ1n) is 4.83. The van der Waals surface area contributed by atoms with Gasteiger partial charge in [-0.15, -0.1) is 0 Å². The average molecular weight is 183 g/mol. The third-order valence-electron chi connectivity index (χ3n) is 2.77. The summed E-state index contributed by atoms with van der Waals surface area (Å²) in [5, 5.41) is 3.28. The van der Waals surface area contributed by atoms with Crippen LogP contribution in [-0.4, -0.2) is 30.3 Å². The van der Waals surface area contributed by atoms with E-state index in [2.05, 4.69) is 24.2 Å². The maximum absolute atomic E-state index is 5.68. The number of nitrogens with zero attached hydrogens (tertiary/aromatic N) is 1. The number of ether oxygens (including phenoxy) is 1. The van der Waals surface area contributed by atoms with Gasteiger partial charge in [-0.3, -0.25) is 4.99 Å². The Labute approximate surface area is 78.5 Å². The summed E-state index contributed by atoms with van der Waals surface area (Å²) in [5.41, 5.74) is 5.71. The minimum Gasteiger partial charge on any atom is -0.375 e. The minimum absolute atomic E-state index is 0.0845. The summed E-state index contributed by atoms with van der Waals surface area (Å²) in [7, 11) is 0. The molecule has 0 aromatic rings. The summed E-state index contributed by atoms with van der Waals surface area (Å²) in [4.78, 5) is 4.21. The number of nitrogens with two attached hydrogens (primary N) is 1. The van der Waals surface area contributed by atoms with E-state index in [1.807, 2.05) is 0 Å². The van der Waals surface area contributed by atoms with Crippen molar-refractivity contribution in [3.05, 3.63) is 0 Å². The van der Waals surface area contributed by atoms with E-state index in [-0.39, 0.29) is 5.54 Å². The number of aliphatic imine (C=N–C) groups is 1.